The first kappa shape index (κ1) is 14.2. The second-order valence-electron chi connectivity index (χ2n) is 4.76. The maximum absolute atomic E-state index is 12.6. The second-order valence-corrected chi connectivity index (χ2v) is 5.77. The molecule has 1 aromatic carbocycles. The minimum absolute atomic E-state index is 0.235. The Kier molecular flexibility index (Phi) is 4.08. The van der Waals surface area contributed by atoms with Gasteiger partial charge in [0.05, 0.1) is 11.6 Å². The first-order chi connectivity index (χ1) is 8.86. The van der Waals surface area contributed by atoms with E-state index < -0.39 is 11.7 Å². The molecule has 1 atom stereocenters. The van der Waals surface area contributed by atoms with E-state index in [-0.39, 0.29) is 6.04 Å². The van der Waals surface area contributed by atoms with E-state index in [4.69, 9.17) is 0 Å². The molecule has 0 bridgehead atoms. The number of hydrogen-bond donors (Lipinski definition) is 1. The van der Waals surface area contributed by atoms with Crippen LogP contribution in [0.2, 0.25) is 0 Å². The summed E-state index contributed by atoms with van der Waals surface area (Å²) in [6, 6.07) is 5.40. The van der Waals surface area contributed by atoms with Crippen molar-refractivity contribution in [1.82, 2.24) is 0 Å². The largest absolute Gasteiger partial charge is 0.416 e. The molecule has 1 N–H and O–H groups in total. The van der Waals surface area contributed by atoms with E-state index in [2.05, 4.69) is 24.2 Å². The smallest absolute Gasteiger partial charge is 0.335 e. The van der Waals surface area contributed by atoms with Crippen molar-refractivity contribution < 1.29 is 13.2 Å². The third kappa shape index (κ3) is 3.65. The normalized spacial score (nSPS) is 19.7. The van der Waals surface area contributed by atoms with Crippen LogP contribution in [0.1, 0.15) is 19.4 Å². The van der Waals surface area contributed by atoms with Crippen molar-refractivity contribution >= 4 is 22.6 Å². The SMILES string of the molecule is CC(C)[C@H]1CSC(Nc2cccc(C(F)(F)F)c2)=N1. The molecule has 1 heterocycles. The molecular formula is C13H15F3N2S. The maximum Gasteiger partial charge on any atom is 0.416 e. The second kappa shape index (κ2) is 5.45. The monoisotopic (exact) mass is 288 g/mol. The minimum atomic E-state index is -4.32. The highest BCUT2D eigenvalue weighted by Crippen LogP contribution is 2.31. The van der Waals surface area contributed by atoms with Crippen molar-refractivity contribution in [3.05, 3.63) is 29.8 Å². The summed E-state index contributed by atoms with van der Waals surface area (Å²) in [7, 11) is 0. The molecule has 0 fully saturated rings. The van der Waals surface area contributed by atoms with Gasteiger partial charge in [-0.3, -0.25) is 4.99 Å². The third-order valence-electron chi connectivity index (χ3n) is 2.88. The maximum atomic E-state index is 12.6. The van der Waals surface area contributed by atoms with E-state index in [9.17, 15) is 13.2 Å². The molecule has 2 nitrogen and oxygen atoms in total. The molecular weight excluding hydrogens is 273 g/mol. The van der Waals surface area contributed by atoms with E-state index in [0.717, 1.165) is 17.9 Å². The lowest BCUT2D eigenvalue weighted by Gasteiger charge is -2.10. The van der Waals surface area contributed by atoms with Crippen LogP contribution >= 0.6 is 11.8 Å². The number of benzene rings is 1. The van der Waals surface area contributed by atoms with E-state index in [0.29, 0.717) is 16.8 Å². The number of anilines is 1. The predicted octanol–water partition coefficient (Wildman–Crippen LogP) is 4.24. The summed E-state index contributed by atoms with van der Waals surface area (Å²) >= 11 is 1.54. The van der Waals surface area contributed by atoms with Gasteiger partial charge in [-0.05, 0) is 24.1 Å². The van der Waals surface area contributed by atoms with E-state index in [1.807, 2.05) is 0 Å². The van der Waals surface area contributed by atoms with Crippen molar-refractivity contribution in [2.75, 3.05) is 11.1 Å². The van der Waals surface area contributed by atoms with Crippen molar-refractivity contribution in [2.24, 2.45) is 10.9 Å². The van der Waals surface area contributed by atoms with Gasteiger partial charge in [0.25, 0.3) is 0 Å². The highest BCUT2D eigenvalue weighted by Gasteiger charge is 2.30. The predicted molar refractivity (Wildman–Crippen MR) is 73.6 cm³/mol. The van der Waals surface area contributed by atoms with Crippen LogP contribution in [0.5, 0.6) is 0 Å². The average Bonchev–Trinajstić information content (AvgIpc) is 2.77. The number of aliphatic imine (C=N–C) groups is 1. The number of rotatable bonds is 2. The number of halogens is 3. The summed E-state index contributed by atoms with van der Waals surface area (Å²) in [6.07, 6.45) is -4.32. The standard InChI is InChI=1S/C13H15F3N2S/c1-8(2)11-7-19-12(18-11)17-10-5-3-4-9(6-10)13(14,15)16/h3-6,8,11H,7H2,1-2H3,(H,17,18)/t11-/m1/s1. The Hall–Kier alpha value is -1.17. The summed E-state index contributed by atoms with van der Waals surface area (Å²) < 4.78 is 37.8. The highest BCUT2D eigenvalue weighted by atomic mass is 32.2. The van der Waals surface area contributed by atoms with Gasteiger partial charge in [0.1, 0.15) is 0 Å². The Labute approximate surface area is 114 Å². The van der Waals surface area contributed by atoms with Crippen molar-refractivity contribution in [3.63, 3.8) is 0 Å². The van der Waals surface area contributed by atoms with Gasteiger partial charge >= 0.3 is 6.18 Å². The molecule has 0 amide bonds. The molecule has 0 saturated heterocycles. The quantitative estimate of drug-likeness (QED) is 0.880. The number of hydrogen-bond acceptors (Lipinski definition) is 3. The molecule has 0 unspecified atom stereocenters. The fraction of sp³-hybridized carbons (Fsp3) is 0.462. The molecule has 6 heteroatoms. The molecule has 2 rings (SSSR count). The lowest BCUT2D eigenvalue weighted by Crippen LogP contribution is -2.12. The number of nitrogens with zero attached hydrogens (tertiary/aromatic N) is 1. The van der Waals surface area contributed by atoms with Crippen LogP contribution in [0, 0.1) is 5.92 Å². The Balaban J connectivity index is 2.10. The molecule has 1 aromatic rings. The first-order valence-electron chi connectivity index (χ1n) is 6.01. The van der Waals surface area contributed by atoms with Crippen LogP contribution in [0.15, 0.2) is 29.3 Å². The van der Waals surface area contributed by atoms with E-state index >= 15 is 0 Å². The van der Waals surface area contributed by atoms with Crippen LogP contribution in [-0.4, -0.2) is 17.0 Å². The van der Waals surface area contributed by atoms with Crippen molar-refractivity contribution in [1.29, 1.82) is 0 Å². The van der Waals surface area contributed by atoms with Gasteiger partial charge in [0.15, 0.2) is 5.17 Å². The third-order valence-corrected chi connectivity index (χ3v) is 3.87. The van der Waals surface area contributed by atoms with Crippen molar-refractivity contribution in [2.45, 2.75) is 26.1 Å². The minimum Gasteiger partial charge on any atom is -0.335 e. The molecule has 0 spiro atoms. The zero-order valence-electron chi connectivity index (χ0n) is 10.7. The van der Waals surface area contributed by atoms with E-state index in [1.54, 1.807) is 17.8 Å². The fourth-order valence-corrected chi connectivity index (χ4v) is 2.88. The Morgan fingerprint density at radius 1 is 1.37 bits per heavy atom. The molecule has 1 aliphatic heterocycles. The summed E-state index contributed by atoms with van der Waals surface area (Å²) in [4.78, 5) is 4.46. The molecule has 0 saturated carbocycles. The van der Waals surface area contributed by atoms with Crippen LogP contribution in [0.3, 0.4) is 0 Å². The Morgan fingerprint density at radius 2 is 2.11 bits per heavy atom. The lowest BCUT2D eigenvalue weighted by atomic mass is 10.1. The number of alkyl halides is 3. The van der Waals surface area contributed by atoms with Gasteiger partial charge in [0.2, 0.25) is 0 Å². The molecule has 0 aliphatic carbocycles. The van der Waals surface area contributed by atoms with Gasteiger partial charge in [-0.1, -0.05) is 31.7 Å². The van der Waals surface area contributed by atoms with Crippen LogP contribution in [0.4, 0.5) is 18.9 Å². The molecule has 0 aromatic heterocycles. The van der Waals surface area contributed by atoms with Gasteiger partial charge in [-0.2, -0.15) is 13.2 Å². The topological polar surface area (TPSA) is 24.4 Å². The molecule has 1 aliphatic rings. The zero-order chi connectivity index (χ0) is 14.0. The molecule has 0 radical (unpaired) electrons. The lowest BCUT2D eigenvalue weighted by molar-refractivity contribution is -0.137. The van der Waals surface area contributed by atoms with Gasteiger partial charge < -0.3 is 5.32 Å². The van der Waals surface area contributed by atoms with E-state index in [1.165, 1.54) is 6.07 Å². The number of amidine groups is 1. The van der Waals surface area contributed by atoms with Gasteiger partial charge in [-0.15, -0.1) is 0 Å². The summed E-state index contributed by atoms with van der Waals surface area (Å²) in [5, 5.41) is 3.64. The molecule has 19 heavy (non-hydrogen) atoms. The Morgan fingerprint density at radius 3 is 2.68 bits per heavy atom. The zero-order valence-corrected chi connectivity index (χ0v) is 11.5. The number of nitrogens with one attached hydrogen (secondary N) is 1. The fourth-order valence-electron chi connectivity index (χ4n) is 1.70. The number of thioether (sulfide) groups is 1. The van der Waals surface area contributed by atoms with Crippen LogP contribution < -0.4 is 5.32 Å². The molecule has 104 valence electrons. The highest BCUT2D eigenvalue weighted by molar-refractivity contribution is 8.14. The van der Waals surface area contributed by atoms with Crippen molar-refractivity contribution in [3.8, 4) is 0 Å². The van der Waals surface area contributed by atoms with Crippen LogP contribution in [0.25, 0.3) is 0 Å². The Bertz CT molecular complexity index is 483. The summed E-state index contributed by atoms with van der Waals surface area (Å²) in [5.41, 5.74) is -0.230. The van der Waals surface area contributed by atoms with Gasteiger partial charge in [-0.25, -0.2) is 0 Å². The summed E-state index contributed by atoms with van der Waals surface area (Å²) in [5.74, 6) is 1.31. The van der Waals surface area contributed by atoms with Gasteiger partial charge in [0, 0.05) is 11.4 Å². The average molecular weight is 288 g/mol. The summed E-state index contributed by atoms with van der Waals surface area (Å²) in [6.45, 7) is 4.17. The van der Waals surface area contributed by atoms with Crippen LogP contribution in [-0.2, 0) is 6.18 Å². The first-order valence-corrected chi connectivity index (χ1v) is 6.99.